The van der Waals surface area contributed by atoms with Crippen LogP contribution in [0.25, 0.3) is 0 Å². The predicted molar refractivity (Wildman–Crippen MR) is 84.2 cm³/mol. The SMILES string of the molecule is CN(C)CCN(CC(=O)O)c1cc(F)c(I)cc1[N+](=O)[O-]. The monoisotopic (exact) mass is 411 g/mol. The lowest BCUT2D eigenvalue weighted by Crippen LogP contribution is -2.36. The molecule has 0 bridgehead atoms. The molecule has 0 aliphatic heterocycles. The summed E-state index contributed by atoms with van der Waals surface area (Å²) in [7, 11) is 3.59. The molecular weight excluding hydrogens is 396 g/mol. The van der Waals surface area contributed by atoms with Crippen molar-refractivity contribution < 1.29 is 19.2 Å². The number of hydrogen-bond acceptors (Lipinski definition) is 5. The Labute approximate surface area is 134 Å². The summed E-state index contributed by atoms with van der Waals surface area (Å²) < 4.78 is 13.8. The van der Waals surface area contributed by atoms with Crippen LogP contribution in [0, 0.1) is 19.5 Å². The Morgan fingerprint density at radius 2 is 2.05 bits per heavy atom. The molecule has 0 aliphatic carbocycles. The molecule has 21 heavy (non-hydrogen) atoms. The molecule has 0 aromatic heterocycles. The minimum Gasteiger partial charge on any atom is -0.480 e. The summed E-state index contributed by atoms with van der Waals surface area (Å²) in [4.78, 5) is 24.5. The summed E-state index contributed by atoms with van der Waals surface area (Å²) in [5.41, 5.74) is -0.331. The normalized spacial score (nSPS) is 10.7. The molecule has 0 saturated carbocycles. The summed E-state index contributed by atoms with van der Waals surface area (Å²) in [6.45, 7) is 0.285. The van der Waals surface area contributed by atoms with E-state index in [2.05, 4.69) is 0 Å². The van der Waals surface area contributed by atoms with Crippen molar-refractivity contribution in [3.05, 3.63) is 31.6 Å². The highest BCUT2D eigenvalue weighted by Crippen LogP contribution is 2.31. The molecular formula is C12H15FIN3O4. The van der Waals surface area contributed by atoms with Gasteiger partial charge in [-0.1, -0.05) is 0 Å². The van der Waals surface area contributed by atoms with E-state index in [1.807, 2.05) is 4.90 Å². The van der Waals surface area contributed by atoms with Gasteiger partial charge >= 0.3 is 5.97 Å². The van der Waals surface area contributed by atoms with Crippen LogP contribution < -0.4 is 4.90 Å². The largest absolute Gasteiger partial charge is 0.480 e. The van der Waals surface area contributed by atoms with Gasteiger partial charge in [0.05, 0.1) is 8.49 Å². The van der Waals surface area contributed by atoms with Crippen LogP contribution in [0.4, 0.5) is 15.8 Å². The summed E-state index contributed by atoms with van der Waals surface area (Å²) in [6, 6.07) is 2.12. The van der Waals surface area contributed by atoms with Crippen molar-refractivity contribution in [2.75, 3.05) is 38.6 Å². The zero-order valence-corrected chi connectivity index (χ0v) is 13.7. The average Bonchev–Trinajstić information content (AvgIpc) is 2.36. The molecule has 1 aromatic rings. The number of carbonyl (C=O) groups is 1. The van der Waals surface area contributed by atoms with Crippen molar-refractivity contribution in [3.8, 4) is 0 Å². The highest BCUT2D eigenvalue weighted by Gasteiger charge is 2.23. The Morgan fingerprint density at radius 1 is 1.43 bits per heavy atom. The first-order chi connectivity index (χ1) is 9.72. The quantitative estimate of drug-likeness (QED) is 0.418. The Kier molecular flexibility index (Phi) is 6.27. The lowest BCUT2D eigenvalue weighted by atomic mass is 10.2. The van der Waals surface area contributed by atoms with Crippen molar-refractivity contribution in [1.29, 1.82) is 0 Å². The smallest absolute Gasteiger partial charge is 0.323 e. The maximum Gasteiger partial charge on any atom is 0.323 e. The second kappa shape index (κ2) is 7.50. The molecule has 0 radical (unpaired) electrons. The van der Waals surface area contributed by atoms with E-state index in [0.29, 0.717) is 6.54 Å². The Morgan fingerprint density at radius 3 is 2.52 bits per heavy atom. The van der Waals surface area contributed by atoms with Gasteiger partial charge in [0.15, 0.2) is 0 Å². The summed E-state index contributed by atoms with van der Waals surface area (Å²) in [5.74, 6) is -1.75. The maximum absolute atomic E-state index is 13.7. The molecule has 7 nitrogen and oxygen atoms in total. The number of rotatable bonds is 7. The van der Waals surface area contributed by atoms with Gasteiger partial charge in [0, 0.05) is 25.2 Å². The van der Waals surface area contributed by atoms with Crippen molar-refractivity contribution in [2.24, 2.45) is 0 Å². The first-order valence-corrected chi connectivity index (χ1v) is 7.05. The van der Waals surface area contributed by atoms with Crippen LogP contribution >= 0.6 is 22.6 Å². The van der Waals surface area contributed by atoms with E-state index in [0.717, 1.165) is 12.1 Å². The van der Waals surface area contributed by atoms with Crippen LogP contribution in [0.3, 0.4) is 0 Å². The molecule has 0 saturated heterocycles. The van der Waals surface area contributed by atoms with Crippen LogP contribution in [-0.2, 0) is 4.79 Å². The molecule has 1 rings (SSSR count). The number of anilines is 1. The van der Waals surface area contributed by atoms with Crippen LogP contribution in [0.15, 0.2) is 12.1 Å². The number of carboxylic acid groups (broad SMARTS) is 1. The maximum atomic E-state index is 13.7. The highest BCUT2D eigenvalue weighted by molar-refractivity contribution is 14.1. The van der Waals surface area contributed by atoms with Crippen molar-refractivity contribution >= 4 is 39.9 Å². The zero-order valence-electron chi connectivity index (χ0n) is 11.5. The van der Waals surface area contributed by atoms with Gasteiger partial charge in [0.2, 0.25) is 0 Å². The van der Waals surface area contributed by atoms with Gasteiger partial charge in [0.1, 0.15) is 18.0 Å². The van der Waals surface area contributed by atoms with Crippen LogP contribution in [0.1, 0.15) is 0 Å². The predicted octanol–water partition coefficient (Wildman–Crippen LogP) is 1.79. The molecule has 0 spiro atoms. The third kappa shape index (κ3) is 5.08. The molecule has 0 unspecified atom stereocenters. The number of likely N-dealkylation sites (N-methyl/N-ethyl adjacent to an activating group) is 1. The standard InChI is InChI=1S/C12H15FIN3O4/c1-15(2)3-4-16(7-12(18)19)10-5-8(13)9(14)6-11(10)17(20)21/h5-6H,3-4,7H2,1-2H3,(H,18,19). The second-order valence-corrected chi connectivity index (χ2v) is 5.79. The number of benzene rings is 1. The van der Waals surface area contributed by atoms with Gasteiger partial charge in [-0.2, -0.15) is 0 Å². The number of nitro groups is 1. The first kappa shape index (κ1) is 17.6. The number of carboxylic acids is 1. The van der Waals surface area contributed by atoms with E-state index in [1.165, 1.54) is 4.90 Å². The van der Waals surface area contributed by atoms with Crippen LogP contribution in [0.2, 0.25) is 0 Å². The van der Waals surface area contributed by atoms with E-state index in [-0.39, 0.29) is 21.5 Å². The van der Waals surface area contributed by atoms with Crippen LogP contribution in [0.5, 0.6) is 0 Å². The number of halogens is 2. The minimum absolute atomic E-state index is 0.0258. The lowest BCUT2D eigenvalue weighted by Gasteiger charge is -2.24. The van der Waals surface area contributed by atoms with E-state index >= 15 is 0 Å². The summed E-state index contributed by atoms with van der Waals surface area (Å²) in [5, 5.41) is 20.1. The third-order valence-electron chi connectivity index (χ3n) is 2.70. The average molecular weight is 411 g/mol. The zero-order chi connectivity index (χ0) is 16.2. The van der Waals surface area contributed by atoms with Gasteiger partial charge in [-0.3, -0.25) is 14.9 Å². The van der Waals surface area contributed by atoms with Crippen molar-refractivity contribution in [1.82, 2.24) is 4.90 Å². The minimum atomic E-state index is -1.14. The van der Waals surface area contributed by atoms with E-state index in [4.69, 9.17) is 5.11 Å². The fraction of sp³-hybridized carbons (Fsp3) is 0.417. The first-order valence-electron chi connectivity index (χ1n) is 5.97. The fourth-order valence-corrected chi connectivity index (χ4v) is 2.14. The topological polar surface area (TPSA) is 86.9 Å². The van der Waals surface area contributed by atoms with Crippen molar-refractivity contribution in [2.45, 2.75) is 0 Å². The molecule has 9 heteroatoms. The molecule has 0 amide bonds. The Hall–Kier alpha value is -1.49. The molecule has 0 atom stereocenters. The lowest BCUT2D eigenvalue weighted by molar-refractivity contribution is -0.384. The van der Waals surface area contributed by atoms with Gasteiger partial charge < -0.3 is 14.9 Å². The molecule has 116 valence electrons. The molecule has 0 heterocycles. The molecule has 0 aliphatic rings. The van der Waals surface area contributed by atoms with E-state index in [1.54, 1.807) is 36.7 Å². The number of aliphatic carboxylic acids is 1. The van der Waals surface area contributed by atoms with Gasteiger partial charge in [-0.15, -0.1) is 0 Å². The van der Waals surface area contributed by atoms with Crippen LogP contribution in [-0.4, -0.2) is 54.6 Å². The van der Waals surface area contributed by atoms with Crippen molar-refractivity contribution in [3.63, 3.8) is 0 Å². The Balaban J connectivity index is 3.24. The molecule has 1 N–H and O–H groups in total. The summed E-state index contributed by atoms with van der Waals surface area (Å²) >= 11 is 1.66. The Bertz CT molecular complexity index is 554. The fourth-order valence-electron chi connectivity index (χ4n) is 1.69. The molecule has 1 aromatic carbocycles. The van der Waals surface area contributed by atoms with Gasteiger partial charge in [-0.25, -0.2) is 4.39 Å². The van der Waals surface area contributed by atoms with E-state index in [9.17, 15) is 19.3 Å². The van der Waals surface area contributed by atoms with E-state index < -0.39 is 23.3 Å². The van der Waals surface area contributed by atoms with Gasteiger partial charge in [0.25, 0.3) is 5.69 Å². The van der Waals surface area contributed by atoms with Gasteiger partial charge in [-0.05, 0) is 36.7 Å². The second-order valence-electron chi connectivity index (χ2n) is 4.63. The summed E-state index contributed by atoms with van der Waals surface area (Å²) in [6.07, 6.45) is 0. The molecule has 0 fully saturated rings. The number of nitrogens with zero attached hydrogens (tertiary/aromatic N) is 3. The third-order valence-corrected chi connectivity index (χ3v) is 3.52. The number of nitro benzene ring substituents is 1. The number of hydrogen-bond donors (Lipinski definition) is 1. The highest BCUT2D eigenvalue weighted by atomic mass is 127.